The predicted octanol–water partition coefficient (Wildman–Crippen LogP) is 0.841. The van der Waals surface area contributed by atoms with Crippen molar-refractivity contribution < 1.29 is 33.3 Å². The zero-order valence-electron chi connectivity index (χ0n) is 12.5. The van der Waals surface area contributed by atoms with Crippen molar-refractivity contribution in [1.29, 1.82) is 0 Å². The largest absolute Gasteiger partial charge is 0.460 e. The molecular formula is C14H22O7. The van der Waals surface area contributed by atoms with Gasteiger partial charge in [-0.1, -0.05) is 13.2 Å². The Morgan fingerprint density at radius 1 is 1.14 bits per heavy atom. The van der Waals surface area contributed by atoms with Gasteiger partial charge in [0.05, 0.1) is 19.8 Å². The highest BCUT2D eigenvalue weighted by molar-refractivity contribution is 5.87. The quantitative estimate of drug-likeness (QED) is 0.229. The van der Waals surface area contributed by atoms with Crippen molar-refractivity contribution >= 4 is 11.9 Å². The Balaban J connectivity index is 3.55. The molecule has 1 atom stereocenters. The lowest BCUT2D eigenvalue weighted by atomic mass is 10.4. The average molecular weight is 302 g/mol. The van der Waals surface area contributed by atoms with E-state index in [0.29, 0.717) is 13.2 Å². The first-order valence-electron chi connectivity index (χ1n) is 6.35. The molecule has 0 aliphatic heterocycles. The summed E-state index contributed by atoms with van der Waals surface area (Å²) in [6.45, 7) is 9.39. The van der Waals surface area contributed by atoms with Gasteiger partial charge in [-0.2, -0.15) is 0 Å². The van der Waals surface area contributed by atoms with Gasteiger partial charge in [-0.3, -0.25) is 0 Å². The monoisotopic (exact) mass is 302 g/mol. The normalized spacial score (nSPS) is 11.5. The third kappa shape index (κ3) is 10.7. The van der Waals surface area contributed by atoms with Crippen LogP contribution in [0.4, 0.5) is 0 Å². The molecule has 0 aromatic carbocycles. The van der Waals surface area contributed by atoms with Crippen LogP contribution >= 0.6 is 0 Å². The molecule has 0 spiro atoms. The Morgan fingerprint density at radius 2 is 1.76 bits per heavy atom. The van der Waals surface area contributed by atoms with E-state index >= 15 is 0 Å². The van der Waals surface area contributed by atoms with E-state index in [0.717, 1.165) is 6.08 Å². The topological polar surface area (TPSA) is 80.3 Å². The number of hydrogen-bond donors (Lipinski definition) is 0. The molecule has 0 aromatic heterocycles. The Morgan fingerprint density at radius 3 is 2.33 bits per heavy atom. The summed E-state index contributed by atoms with van der Waals surface area (Å²) < 4.78 is 25.0. The van der Waals surface area contributed by atoms with Crippen molar-refractivity contribution in [3.63, 3.8) is 0 Å². The summed E-state index contributed by atoms with van der Waals surface area (Å²) in [6.07, 6.45) is 0.294. The van der Waals surface area contributed by atoms with Gasteiger partial charge in [0.2, 0.25) is 6.29 Å². The molecule has 0 N–H and O–H groups in total. The first-order chi connectivity index (χ1) is 10.0. The van der Waals surface area contributed by atoms with Crippen LogP contribution in [0, 0.1) is 0 Å². The third-order valence-corrected chi connectivity index (χ3v) is 2.11. The van der Waals surface area contributed by atoms with Gasteiger partial charge >= 0.3 is 11.9 Å². The number of esters is 2. The van der Waals surface area contributed by atoms with Crippen LogP contribution in [0.1, 0.15) is 6.92 Å². The van der Waals surface area contributed by atoms with E-state index in [-0.39, 0.29) is 25.4 Å². The highest BCUT2D eigenvalue weighted by Crippen LogP contribution is 2.00. The SMILES string of the molecule is C=CC(=O)OCCOCCOCC(OC)OC(=O)C(=C)C. The summed E-state index contributed by atoms with van der Waals surface area (Å²) in [7, 11) is 1.41. The molecule has 0 aliphatic carbocycles. The third-order valence-electron chi connectivity index (χ3n) is 2.11. The summed E-state index contributed by atoms with van der Waals surface area (Å²) in [6, 6.07) is 0. The van der Waals surface area contributed by atoms with E-state index in [2.05, 4.69) is 13.2 Å². The van der Waals surface area contributed by atoms with Crippen molar-refractivity contribution in [2.75, 3.05) is 40.1 Å². The van der Waals surface area contributed by atoms with Crippen LogP contribution < -0.4 is 0 Å². The number of carbonyl (C=O) groups is 2. The Kier molecular flexibility index (Phi) is 11.1. The molecule has 1 unspecified atom stereocenters. The van der Waals surface area contributed by atoms with E-state index in [4.69, 9.17) is 23.7 Å². The van der Waals surface area contributed by atoms with Crippen LogP contribution in [-0.4, -0.2) is 58.4 Å². The minimum Gasteiger partial charge on any atom is -0.460 e. The van der Waals surface area contributed by atoms with E-state index < -0.39 is 18.2 Å². The lowest BCUT2D eigenvalue weighted by Gasteiger charge is -2.16. The van der Waals surface area contributed by atoms with Crippen molar-refractivity contribution in [1.82, 2.24) is 0 Å². The number of carbonyl (C=O) groups excluding carboxylic acids is 2. The van der Waals surface area contributed by atoms with Gasteiger partial charge in [0, 0.05) is 18.8 Å². The maximum Gasteiger partial charge on any atom is 0.335 e. The fourth-order valence-corrected chi connectivity index (χ4v) is 1.03. The molecule has 0 amide bonds. The molecule has 0 fully saturated rings. The highest BCUT2D eigenvalue weighted by atomic mass is 16.7. The second-order valence-electron chi connectivity index (χ2n) is 3.91. The van der Waals surface area contributed by atoms with Gasteiger partial charge in [-0.25, -0.2) is 9.59 Å². The molecule has 0 bridgehead atoms. The van der Waals surface area contributed by atoms with E-state index in [1.165, 1.54) is 7.11 Å². The number of rotatable bonds is 12. The van der Waals surface area contributed by atoms with E-state index in [9.17, 15) is 9.59 Å². The number of hydrogen-bond acceptors (Lipinski definition) is 7. The molecular weight excluding hydrogens is 280 g/mol. The molecule has 7 heteroatoms. The summed E-state index contributed by atoms with van der Waals surface area (Å²) >= 11 is 0. The maximum atomic E-state index is 11.3. The van der Waals surface area contributed by atoms with E-state index in [1.807, 2.05) is 0 Å². The van der Waals surface area contributed by atoms with Crippen molar-refractivity contribution in [2.24, 2.45) is 0 Å². The Bertz CT molecular complexity index is 351. The van der Waals surface area contributed by atoms with Gasteiger partial charge in [0.15, 0.2) is 0 Å². The van der Waals surface area contributed by atoms with E-state index in [1.54, 1.807) is 6.92 Å². The maximum absolute atomic E-state index is 11.3. The van der Waals surface area contributed by atoms with Gasteiger partial charge in [0.25, 0.3) is 0 Å². The van der Waals surface area contributed by atoms with Crippen molar-refractivity contribution in [2.45, 2.75) is 13.2 Å². The van der Waals surface area contributed by atoms with Crippen LogP contribution in [0.2, 0.25) is 0 Å². The molecule has 0 aliphatic rings. The smallest absolute Gasteiger partial charge is 0.335 e. The highest BCUT2D eigenvalue weighted by Gasteiger charge is 2.13. The average Bonchev–Trinajstić information content (AvgIpc) is 2.47. The van der Waals surface area contributed by atoms with Gasteiger partial charge in [-0.15, -0.1) is 0 Å². The zero-order valence-corrected chi connectivity index (χ0v) is 12.5. The molecule has 0 aromatic rings. The lowest BCUT2D eigenvalue weighted by molar-refractivity contribution is -0.180. The van der Waals surface area contributed by atoms with Crippen molar-refractivity contribution in [3.05, 3.63) is 24.8 Å². The Hall–Kier alpha value is -1.70. The predicted molar refractivity (Wildman–Crippen MR) is 74.5 cm³/mol. The van der Waals surface area contributed by atoms with Crippen molar-refractivity contribution in [3.8, 4) is 0 Å². The molecule has 0 radical (unpaired) electrons. The summed E-state index contributed by atoms with van der Waals surface area (Å²) in [5.41, 5.74) is 0.287. The van der Waals surface area contributed by atoms with Gasteiger partial charge < -0.3 is 23.7 Å². The summed E-state index contributed by atoms with van der Waals surface area (Å²) in [5.74, 6) is -1.03. The molecule has 0 rings (SSSR count). The minimum atomic E-state index is -0.789. The molecule has 120 valence electrons. The molecule has 21 heavy (non-hydrogen) atoms. The number of ether oxygens (including phenoxy) is 5. The fraction of sp³-hybridized carbons (Fsp3) is 0.571. The molecule has 0 saturated carbocycles. The second-order valence-corrected chi connectivity index (χ2v) is 3.91. The van der Waals surface area contributed by atoms with Crippen LogP contribution in [0.25, 0.3) is 0 Å². The summed E-state index contributed by atoms with van der Waals surface area (Å²) in [5, 5.41) is 0. The van der Waals surface area contributed by atoms with Crippen LogP contribution in [0.15, 0.2) is 24.8 Å². The number of methoxy groups -OCH3 is 1. The second kappa shape index (κ2) is 12.1. The lowest BCUT2D eigenvalue weighted by Crippen LogP contribution is -2.26. The zero-order chi connectivity index (χ0) is 16.1. The van der Waals surface area contributed by atoms with Crippen LogP contribution in [0.3, 0.4) is 0 Å². The van der Waals surface area contributed by atoms with Crippen LogP contribution in [0.5, 0.6) is 0 Å². The minimum absolute atomic E-state index is 0.0876. The molecule has 0 saturated heterocycles. The standard InChI is InChI=1S/C14H22O7/c1-5-12(15)20-9-8-18-6-7-19-10-13(17-4)21-14(16)11(2)3/h5,13H,1-2,6-10H2,3-4H3. The van der Waals surface area contributed by atoms with Gasteiger partial charge in [-0.05, 0) is 6.92 Å². The van der Waals surface area contributed by atoms with Crippen LogP contribution in [-0.2, 0) is 33.3 Å². The summed E-state index contributed by atoms with van der Waals surface area (Å²) in [4.78, 5) is 22.0. The first-order valence-corrected chi connectivity index (χ1v) is 6.35. The first kappa shape index (κ1) is 19.3. The molecule has 0 heterocycles. The van der Waals surface area contributed by atoms with Gasteiger partial charge in [0.1, 0.15) is 13.2 Å². The Labute approximate surface area is 124 Å². The molecule has 7 nitrogen and oxygen atoms in total. The fourth-order valence-electron chi connectivity index (χ4n) is 1.03.